The molecule has 2 rings (SSSR count). The molecule has 1 saturated carbocycles. The van der Waals surface area contributed by atoms with E-state index in [0.29, 0.717) is 26.1 Å². The quantitative estimate of drug-likeness (QED) is 0.811. The lowest BCUT2D eigenvalue weighted by Crippen LogP contribution is -2.48. The van der Waals surface area contributed by atoms with Crippen LogP contribution in [0.4, 0.5) is 0 Å². The average Bonchev–Trinajstić information content (AvgIpc) is 2.90. The predicted octanol–water partition coefficient (Wildman–Crippen LogP) is 0.824. The van der Waals surface area contributed by atoms with E-state index >= 15 is 0 Å². The lowest BCUT2D eigenvalue weighted by Gasteiger charge is -2.32. The number of aliphatic carboxylic acids is 1. The second kappa shape index (κ2) is 6.19. The van der Waals surface area contributed by atoms with Crippen molar-refractivity contribution in [3.05, 3.63) is 0 Å². The normalized spacial score (nSPS) is 23.0. The molecule has 2 fully saturated rings. The molecule has 6 nitrogen and oxygen atoms in total. The van der Waals surface area contributed by atoms with Crippen molar-refractivity contribution in [1.82, 2.24) is 4.31 Å². The van der Waals surface area contributed by atoms with E-state index in [4.69, 9.17) is 9.84 Å². The fraction of sp³-hybridized carbons (Fsp3) is 0.917. The lowest BCUT2D eigenvalue weighted by molar-refractivity contribution is -0.137. The van der Waals surface area contributed by atoms with Crippen molar-refractivity contribution in [2.24, 2.45) is 0 Å². The van der Waals surface area contributed by atoms with Crippen LogP contribution in [0.3, 0.4) is 0 Å². The Hall–Kier alpha value is -0.660. The second-order valence-corrected chi connectivity index (χ2v) is 7.40. The number of hydrogen-bond donors (Lipinski definition) is 1. The SMILES string of the molecule is O=C(O)CN(C1CCCC1)S(=O)(=O)C1CCOCC1. The first-order valence-corrected chi connectivity index (χ1v) is 8.32. The Morgan fingerprint density at radius 3 is 2.26 bits per heavy atom. The first kappa shape index (κ1) is 14.7. The maximum absolute atomic E-state index is 12.6. The van der Waals surface area contributed by atoms with Gasteiger partial charge in [0.1, 0.15) is 6.54 Å². The molecule has 0 unspecified atom stereocenters. The molecule has 0 radical (unpaired) electrons. The van der Waals surface area contributed by atoms with E-state index in [-0.39, 0.29) is 6.04 Å². The van der Waals surface area contributed by atoms with E-state index in [0.717, 1.165) is 25.7 Å². The van der Waals surface area contributed by atoms with Gasteiger partial charge in [0, 0.05) is 19.3 Å². The van der Waals surface area contributed by atoms with Crippen LogP contribution in [-0.4, -0.2) is 54.8 Å². The van der Waals surface area contributed by atoms with E-state index in [1.54, 1.807) is 0 Å². The Morgan fingerprint density at radius 1 is 1.16 bits per heavy atom. The fourth-order valence-electron chi connectivity index (χ4n) is 2.92. The van der Waals surface area contributed by atoms with Crippen LogP contribution in [-0.2, 0) is 19.6 Å². The van der Waals surface area contributed by atoms with Gasteiger partial charge in [-0.05, 0) is 25.7 Å². The van der Waals surface area contributed by atoms with Gasteiger partial charge in [-0.2, -0.15) is 4.31 Å². The highest BCUT2D eigenvalue weighted by atomic mass is 32.2. The summed E-state index contributed by atoms with van der Waals surface area (Å²) in [7, 11) is -3.53. The molecule has 2 aliphatic rings. The van der Waals surface area contributed by atoms with Crippen molar-refractivity contribution in [2.45, 2.75) is 49.8 Å². The molecule has 1 heterocycles. The van der Waals surface area contributed by atoms with E-state index < -0.39 is 27.8 Å². The number of ether oxygens (including phenoxy) is 1. The van der Waals surface area contributed by atoms with Crippen LogP contribution >= 0.6 is 0 Å². The number of carboxylic acids is 1. The molecule has 0 spiro atoms. The highest BCUT2D eigenvalue weighted by Crippen LogP contribution is 2.29. The minimum atomic E-state index is -3.53. The zero-order valence-corrected chi connectivity index (χ0v) is 11.8. The molecule has 1 saturated heterocycles. The topological polar surface area (TPSA) is 83.9 Å². The predicted molar refractivity (Wildman–Crippen MR) is 69.4 cm³/mol. The molecular formula is C12H21NO5S. The van der Waals surface area contributed by atoms with Gasteiger partial charge in [-0.3, -0.25) is 4.79 Å². The Kier molecular flexibility index (Phi) is 4.81. The summed E-state index contributed by atoms with van der Waals surface area (Å²) in [6.07, 6.45) is 4.43. The van der Waals surface area contributed by atoms with Crippen LogP contribution in [0.5, 0.6) is 0 Å². The van der Waals surface area contributed by atoms with Crippen LogP contribution < -0.4 is 0 Å². The third-order valence-electron chi connectivity index (χ3n) is 3.94. The highest BCUT2D eigenvalue weighted by Gasteiger charge is 2.39. The Balaban J connectivity index is 2.17. The van der Waals surface area contributed by atoms with Crippen molar-refractivity contribution < 1.29 is 23.1 Å². The number of nitrogens with zero attached hydrogens (tertiary/aromatic N) is 1. The van der Waals surface area contributed by atoms with Gasteiger partial charge >= 0.3 is 5.97 Å². The third kappa shape index (κ3) is 3.46. The molecule has 1 aliphatic heterocycles. The van der Waals surface area contributed by atoms with Crippen molar-refractivity contribution in [3.8, 4) is 0 Å². The van der Waals surface area contributed by atoms with Crippen molar-refractivity contribution in [2.75, 3.05) is 19.8 Å². The van der Waals surface area contributed by atoms with E-state index in [1.165, 1.54) is 4.31 Å². The summed E-state index contributed by atoms with van der Waals surface area (Å²) >= 11 is 0. The van der Waals surface area contributed by atoms with Gasteiger partial charge in [0.05, 0.1) is 5.25 Å². The molecule has 0 aromatic carbocycles. The first-order valence-electron chi connectivity index (χ1n) is 6.82. The fourth-order valence-corrected chi connectivity index (χ4v) is 5.01. The lowest BCUT2D eigenvalue weighted by atomic mass is 10.2. The van der Waals surface area contributed by atoms with Crippen molar-refractivity contribution in [1.29, 1.82) is 0 Å². The first-order chi connectivity index (χ1) is 9.01. The van der Waals surface area contributed by atoms with Gasteiger partial charge in [0.25, 0.3) is 0 Å². The Labute approximate surface area is 113 Å². The Bertz CT molecular complexity index is 410. The summed E-state index contributed by atoms with van der Waals surface area (Å²) in [6, 6.07) is -0.135. The molecule has 0 atom stereocenters. The van der Waals surface area contributed by atoms with Gasteiger partial charge in [0.2, 0.25) is 10.0 Å². The van der Waals surface area contributed by atoms with Gasteiger partial charge in [-0.25, -0.2) is 8.42 Å². The van der Waals surface area contributed by atoms with Crippen LogP contribution in [0, 0.1) is 0 Å². The minimum Gasteiger partial charge on any atom is -0.480 e. The number of hydrogen-bond acceptors (Lipinski definition) is 4. The third-order valence-corrected chi connectivity index (χ3v) is 6.33. The Morgan fingerprint density at radius 2 is 1.74 bits per heavy atom. The summed E-state index contributed by atoms with van der Waals surface area (Å²) in [5.41, 5.74) is 0. The smallest absolute Gasteiger partial charge is 0.318 e. The summed E-state index contributed by atoms with van der Waals surface area (Å²) in [5.74, 6) is -1.08. The van der Waals surface area contributed by atoms with Crippen LogP contribution in [0.15, 0.2) is 0 Å². The number of rotatable bonds is 5. The second-order valence-electron chi connectivity index (χ2n) is 5.23. The zero-order chi connectivity index (χ0) is 13.9. The van der Waals surface area contributed by atoms with Gasteiger partial charge in [0.15, 0.2) is 0 Å². The maximum atomic E-state index is 12.6. The van der Waals surface area contributed by atoms with E-state index in [9.17, 15) is 13.2 Å². The number of carbonyl (C=O) groups is 1. The summed E-state index contributed by atoms with van der Waals surface area (Å²) in [4.78, 5) is 11.0. The van der Waals surface area contributed by atoms with Gasteiger partial charge < -0.3 is 9.84 Å². The summed E-state index contributed by atoms with van der Waals surface area (Å²) < 4.78 is 31.6. The molecule has 1 aliphatic carbocycles. The highest BCUT2D eigenvalue weighted by molar-refractivity contribution is 7.89. The van der Waals surface area contributed by atoms with Crippen molar-refractivity contribution in [3.63, 3.8) is 0 Å². The largest absolute Gasteiger partial charge is 0.480 e. The molecular weight excluding hydrogens is 270 g/mol. The summed E-state index contributed by atoms with van der Waals surface area (Å²) in [6.45, 7) is 0.468. The maximum Gasteiger partial charge on any atom is 0.318 e. The number of carboxylic acid groups (broad SMARTS) is 1. The molecule has 7 heteroatoms. The van der Waals surface area contributed by atoms with E-state index in [1.807, 2.05) is 0 Å². The van der Waals surface area contributed by atoms with Crippen LogP contribution in [0.25, 0.3) is 0 Å². The monoisotopic (exact) mass is 291 g/mol. The minimum absolute atomic E-state index is 0.135. The molecule has 0 aromatic rings. The van der Waals surface area contributed by atoms with Gasteiger partial charge in [-0.15, -0.1) is 0 Å². The average molecular weight is 291 g/mol. The standard InChI is InChI=1S/C12H21NO5S/c14-12(15)9-13(10-3-1-2-4-10)19(16,17)11-5-7-18-8-6-11/h10-11H,1-9H2,(H,14,15). The van der Waals surface area contributed by atoms with Crippen molar-refractivity contribution >= 4 is 16.0 Å². The zero-order valence-electron chi connectivity index (χ0n) is 11.0. The molecule has 0 aromatic heterocycles. The number of sulfonamides is 1. The van der Waals surface area contributed by atoms with E-state index in [2.05, 4.69) is 0 Å². The molecule has 0 bridgehead atoms. The molecule has 1 N–H and O–H groups in total. The molecule has 19 heavy (non-hydrogen) atoms. The van der Waals surface area contributed by atoms with Crippen LogP contribution in [0.2, 0.25) is 0 Å². The summed E-state index contributed by atoms with van der Waals surface area (Å²) in [5, 5.41) is 8.49. The van der Waals surface area contributed by atoms with Gasteiger partial charge in [-0.1, -0.05) is 12.8 Å². The molecule has 110 valence electrons. The molecule has 0 amide bonds. The van der Waals surface area contributed by atoms with Crippen LogP contribution in [0.1, 0.15) is 38.5 Å².